The average molecular weight is 501 g/mol. The molecule has 0 radical (unpaired) electrons. The van der Waals surface area contributed by atoms with Crippen LogP contribution in [0.5, 0.6) is 5.75 Å². The Morgan fingerprint density at radius 1 is 1.37 bits per heavy atom. The van der Waals surface area contributed by atoms with E-state index in [1.165, 1.54) is 0 Å². The number of fused-ring (bicyclic) bond motifs is 2. The molecule has 35 heavy (non-hydrogen) atoms. The van der Waals surface area contributed by atoms with Gasteiger partial charge in [-0.05, 0) is 48.3 Å². The van der Waals surface area contributed by atoms with Crippen molar-refractivity contribution < 1.29 is 23.9 Å². The molecule has 2 saturated heterocycles. The SMILES string of the molecule is COc1ccc(Cl)c2[nH]c(C(=O)N3C[C@H]4[C@@H]([C@H]3C(=O)N[C@H](C=O)C[C@@H]3CCNC3=O)C4(C)C)cc12. The first-order chi connectivity index (χ1) is 16.7. The van der Waals surface area contributed by atoms with E-state index in [0.717, 1.165) is 0 Å². The number of hydrogen-bond acceptors (Lipinski definition) is 5. The Labute approximate surface area is 207 Å². The number of ether oxygens (including phenoxy) is 1. The first kappa shape index (κ1) is 23.7. The number of hydrogen-bond donors (Lipinski definition) is 3. The molecule has 1 saturated carbocycles. The highest BCUT2D eigenvalue weighted by Gasteiger charge is 2.69. The van der Waals surface area contributed by atoms with E-state index >= 15 is 0 Å². The fourth-order valence-corrected chi connectivity index (χ4v) is 6.21. The number of nitrogens with one attached hydrogen (secondary N) is 3. The van der Waals surface area contributed by atoms with Crippen molar-refractivity contribution in [2.45, 2.75) is 38.8 Å². The summed E-state index contributed by atoms with van der Waals surface area (Å²) < 4.78 is 5.40. The Morgan fingerprint density at radius 2 is 2.14 bits per heavy atom. The zero-order valence-electron chi connectivity index (χ0n) is 19.9. The molecule has 1 aromatic heterocycles. The second-order valence-electron chi connectivity index (χ2n) is 10.3. The predicted octanol–water partition coefficient (Wildman–Crippen LogP) is 2.14. The van der Waals surface area contributed by atoms with Crippen molar-refractivity contribution in [2.24, 2.45) is 23.2 Å². The van der Waals surface area contributed by atoms with E-state index in [0.29, 0.717) is 53.2 Å². The first-order valence-electron chi connectivity index (χ1n) is 11.9. The van der Waals surface area contributed by atoms with Crippen LogP contribution in [0, 0.1) is 23.2 Å². The topological polar surface area (TPSA) is 121 Å². The number of benzene rings is 1. The molecule has 0 spiro atoms. The van der Waals surface area contributed by atoms with Crippen LogP contribution in [0.3, 0.4) is 0 Å². The van der Waals surface area contributed by atoms with Crippen LogP contribution in [0.2, 0.25) is 5.02 Å². The second kappa shape index (κ2) is 8.55. The van der Waals surface area contributed by atoms with Gasteiger partial charge >= 0.3 is 0 Å². The molecule has 2 aromatic rings. The number of methoxy groups -OCH3 is 1. The van der Waals surface area contributed by atoms with Crippen LogP contribution in [0.4, 0.5) is 0 Å². The van der Waals surface area contributed by atoms with E-state index in [2.05, 4.69) is 29.5 Å². The van der Waals surface area contributed by atoms with Crippen molar-refractivity contribution in [3.8, 4) is 5.75 Å². The van der Waals surface area contributed by atoms with Crippen LogP contribution in [0.15, 0.2) is 18.2 Å². The summed E-state index contributed by atoms with van der Waals surface area (Å²) in [6.07, 6.45) is 1.56. The van der Waals surface area contributed by atoms with Crippen molar-refractivity contribution >= 4 is 46.5 Å². The molecule has 3 fully saturated rings. The van der Waals surface area contributed by atoms with Gasteiger partial charge in [0.05, 0.1) is 23.7 Å². The third-order valence-electron chi connectivity index (χ3n) is 8.08. The van der Waals surface area contributed by atoms with E-state index < -0.39 is 12.1 Å². The third-order valence-corrected chi connectivity index (χ3v) is 8.40. The monoisotopic (exact) mass is 500 g/mol. The molecule has 3 amide bonds. The van der Waals surface area contributed by atoms with Crippen LogP contribution in [-0.4, -0.2) is 66.2 Å². The molecule has 1 aliphatic carbocycles. The van der Waals surface area contributed by atoms with E-state index in [-0.39, 0.29) is 47.3 Å². The number of nitrogens with zero attached hydrogens (tertiary/aromatic N) is 1. The summed E-state index contributed by atoms with van der Waals surface area (Å²) in [6, 6.07) is 3.64. The van der Waals surface area contributed by atoms with Gasteiger partial charge in [-0.25, -0.2) is 0 Å². The fourth-order valence-electron chi connectivity index (χ4n) is 6.00. The van der Waals surface area contributed by atoms with Gasteiger partial charge in [0.15, 0.2) is 0 Å². The lowest BCUT2D eigenvalue weighted by Crippen LogP contribution is -2.52. The Hall–Kier alpha value is -3.07. The normalized spacial score (nSPS) is 27.3. The molecule has 186 valence electrons. The zero-order valence-corrected chi connectivity index (χ0v) is 20.6. The zero-order chi connectivity index (χ0) is 25.1. The van der Waals surface area contributed by atoms with E-state index in [1.807, 2.05) is 0 Å². The van der Waals surface area contributed by atoms with Crippen LogP contribution in [0.1, 0.15) is 37.2 Å². The molecule has 10 heteroatoms. The lowest BCUT2D eigenvalue weighted by molar-refractivity contribution is -0.129. The Bertz CT molecular complexity index is 1220. The van der Waals surface area contributed by atoms with Gasteiger partial charge in [-0.2, -0.15) is 0 Å². The minimum absolute atomic E-state index is 0.00367. The average Bonchev–Trinajstić information content (AvgIpc) is 3.35. The molecule has 2 aliphatic heterocycles. The van der Waals surface area contributed by atoms with E-state index in [1.54, 1.807) is 30.2 Å². The van der Waals surface area contributed by atoms with Gasteiger partial charge in [0, 0.05) is 24.4 Å². The molecule has 5 rings (SSSR count). The van der Waals surface area contributed by atoms with Gasteiger partial charge in [-0.1, -0.05) is 25.4 Å². The smallest absolute Gasteiger partial charge is 0.271 e. The van der Waals surface area contributed by atoms with Crippen molar-refractivity contribution in [3.05, 3.63) is 28.9 Å². The number of carbonyl (C=O) groups is 4. The number of carbonyl (C=O) groups excluding carboxylic acids is 4. The Balaban J connectivity index is 1.39. The fraction of sp³-hybridized carbons (Fsp3) is 0.520. The molecule has 3 aliphatic rings. The predicted molar refractivity (Wildman–Crippen MR) is 129 cm³/mol. The van der Waals surface area contributed by atoms with Crippen molar-refractivity contribution in [1.29, 1.82) is 0 Å². The molecule has 0 unspecified atom stereocenters. The van der Waals surface area contributed by atoms with Crippen LogP contribution in [-0.2, 0) is 14.4 Å². The van der Waals surface area contributed by atoms with Crippen LogP contribution < -0.4 is 15.4 Å². The van der Waals surface area contributed by atoms with Gasteiger partial charge in [-0.3, -0.25) is 14.4 Å². The molecule has 0 bridgehead atoms. The molecule has 5 atom stereocenters. The van der Waals surface area contributed by atoms with Gasteiger partial charge in [0.2, 0.25) is 11.8 Å². The number of piperidine rings is 1. The van der Waals surface area contributed by atoms with Crippen LogP contribution in [0.25, 0.3) is 10.9 Å². The van der Waals surface area contributed by atoms with Gasteiger partial charge in [-0.15, -0.1) is 0 Å². The standard InChI is InChI=1S/C25H29ClN4O5/c1-25(2)15-10-30(24(34)17-9-14-18(35-3)5-4-16(26)20(14)29-17)21(19(15)25)23(33)28-13(11-31)8-12-6-7-27-22(12)32/h4-5,9,11-13,15,19,21,29H,6-8,10H2,1-3H3,(H,27,32)(H,28,33)/t12-,13-,15-,19-,21-/m0/s1. The molecule has 3 heterocycles. The summed E-state index contributed by atoms with van der Waals surface area (Å²) in [6.45, 7) is 5.22. The number of aromatic amines is 1. The minimum Gasteiger partial charge on any atom is -0.496 e. The summed E-state index contributed by atoms with van der Waals surface area (Å²) in [7, 11) is 1.55. The number of H-pyrrole nitrogens is 1. The van der Waals surface area contributed by atoms with Gasteiger partial charge < -0.3 is 30.0 Å². The molecular weight excluding hydrogens is 472 g/mol. The number of aromatic nitrogens is 1. The van der Waals surface area contributed by atoms with E-state index in [4.69, 9.17) is 16.3 Å². The van der Waals surface area contributed by atoms with Crippen molar-refractivity contribution in [3.63, 3.8) is 0 Å². The quantitative estimate of drug-likeness (QED) is 0.503. The third kappa shape index (κ3) is 3.86. The number of amides is 3. The van der Waals surface area contributed by atoms with Crippen LogP contribution >= 0.6 is 11.6 Å². The summed E-state index contributed by atoms with van der Waals surface area (Å²) in [5, 5.41) is 6.71. The molecule has 9 nitrogen and oxygen atoms in total. The highest BCUT2D eigenvalue weighted by molar-refractivity contribution is 6.35. The number of halogens is 1. The number of rotatable bonds is 7. The lowest BCUT2D eigenvalue weighted by Gasteiger charge is -2.30. The Morgan fingerprint density at radius 3 is 2.80 bits per heavy atom. The van der Waals surface area contributed by atoms with E-state index in [9.17, 15) is 19.2 Å². The van der Waals surface area contributed by atoms with Crippen molar-refractivity contribution in [1.82, 2.24) is 20.5 Å². The maximum atomic E-state index is 13.6. The summed E-state index contributed by atoms with van der Waals surface area (Å²) >= 11 is 6.33. The second-order valence-corrected chi connectivity index (χ2v) is 10.7. The highest BCUT2D eigenvalue weighted by Crippen LogP contribution is 2.65. The summed E-state index contributed by atoms with van der Waals surface area (Å²) in [4.78, 5) is 55.4. The number of aldehydes is 1. The molecule has 3 N–H and O–H groups in total. The maximum absolute atomic E-state index is 13.6. The number of likely N-dealkylation sites (tertiary alicyclic amines) is 1. The highest BCUT2D eigenvalue weighted by atomic mass is 35.5. The van der Waals surface area contributed by atoms with Crippen molar-refractivity contribution in [2.75, 3.05) is 20.2 Å². The molecule has 1 aromatic carbocycles. The minimum atomic E-state index is -0.787. The maximum Gasteiger partial charge on any atom is 0.271 e. The van der Waals surface area contributed by atoms with Gasteiger partial charge in [0.1, 0.15) is 23.8 Å². The van der Waals surface area contributed by atoms with Gasteiger partial charge in [0.25, 0.3) is 5.91 Å². The molecular formula is C25H29ClN4O5. The summed E-state index contributed by atoms with van der Waals surface area (Å²) in [5.74, 6) is -0.290. The lowest BCUT2D eigenvalue weighted by atomic mass is 9.97. The first-order valence-corrected chi connectivity index (χ1v) is 12.2. The largest absolute Gasteiger partial charge is 0.496 e. The Kier molecular flexibility index (Phi) is 5.78. The summed E-state index contributed by atoms with van der Waals surface area (Å²) in [5.41, 5.74) is 0.835.